The van der Waals surface area contributed by atoms with Crippen molar-refractivity contribution in [3.63, 3.8) is 0 Å². The third kappa shape index (κ3) is 2.30. The molecule has 0 radical (unpaired) electrons. The fourth-order valence-corrected chi connectivity index (χ4v) is 1.76. The Labute approximate surface area is 93.7 Å². The van der Waals surface area contributed by atoms with Crippen LogP contribution in [0.5, 0.6) is 0 Å². The molecule has 0 aliphatic carbocycles. The molecule has 0 amide bonds. The van der Waals surface area contributed by atoms with Gasteiger partial charge in [-0.3, -0.25) is 4.98 Å². The lowest BCUT2D eigenvalue weighted by Crippen LogP contribution is -2.46. The Hall–Kier alpha value is -1.62. The summed E-state index contributed by atoms with van der Waals surface area (Å²) in [5, 5.41) is 8.89. The Balaban J connectivity index is 2.12. The molecule has 5 nitrogen and oxygen atoms in total. The van der Waals surface area contributed by atoms with Crippen molar-refractivity contribution in [3.05, 3.63) is 24.0 Å². The Morgan fingerprint density at radius 2 is 2.50 bits per heavy atom. The number of aliphatic carboxylic acids is 1. The van der Waals surface area contributed by atoms with E-state index in [2.05, 4.69) is 4.98 Å². The van der Waals surface area contributed by atoms with Crippen molar-refractivity contribution in [1.82, 2.24) is 4.98 Å². The number of morpholine rings is 1. The summed E-state index contributed by atoms with van der Waals surface area (Å²) in [5.74, 6) is -0.907. The van der Waals surface area contributed by atoms with Crippen LogP contribution in [-0.2, 0) is 9.53 Å². The summed E-state index contributed by atoms with van der Waals surface area (Å²) in [4.78, 5) is 17.0. The molecule has 1 aliphatic heterocycles. The molecule has 1 N–H and O–H groups in total. The predicted octanol–water partition coefficient (Wildman–Crippen LogP) is 0.680. The summed E-state index contributed by atoms with van der Waals surface area (Å²) < 4.78 is 5.16. The second-order valence-electron chi connectivity index (χ2n) is 3.80. The third-order valence-corrected chi connectivity index (χ3v) is 2.59. The second kappa shape index (κ2) is 4.49. The molecule has 2 rings (SSSR count). The van der Waals surface area contributed by atoms with Crippen LogP contribution in [0.15, 0.2) is 18.3 Å². The summed E-state index contributed by atoms with van der Waals surface area (Å²) in [6.07, 6.45) is 0.998. The van der Waals surface area contributed by atoms with Gasteiger partial charge in [0.2, 0.25) is 0 Å². The Morgan fingerprint density at radius 3 is 3.19 bits per heavy atom. The van der Waals surface area contributed by atoms with Gasteiger partial charge in [-0.2, -0.15) is 0 Å². The molecule has 0 saturated carbocycles. The molecule has 1 unspecified atom stereocenters. The van der Waals surface area contributed by atoms with Gasteiger partial charge < -0.3 is 14.7 Å². The SMILES string of the molecule is Cc1cc(N2CCOC(C(=O)O)C2)ccn1. The zero-order valence-corrected chi connectivity index (χ0v) is 9.09. The molecule has 0 bridgehead atoms. The van der Waals surface area contributed by atoms with Crippen LogP contribution in [-0.4, -0.2) is 41.9 Å². The second-order valence-corrected chi connectivity index (χ2v) is 3.80. The molecule has 16 heavy (non-hydrogen) atoms. The third-order valence-electron chi connectivity index (χ3n) is 2.59. The molecule has 86 valence electrons. The van der Waals surface area contributed by atoms with Crippen LogP contribution in [0.4, 0.5) is 5.69 Å². The van der Waals surface area contributed by atoms with Gasteiger partial charge in [0, 0.05) is 24.1 Å². The van der Waals surface area contributed by atoms with E-state index in [1.165, 1.54) is 0 Å². The molecule has 1 aliphatic rings. The van der Waals surface area contributed by atoms with Gasteiger partial charge in [-0.25, -0.2) is 4.79 Å². The van der Waals surface area contributed by atoms with E-state index in [4.69, 9.17) is 9.84 Å². The molecule has 0 aromatic carbocycles. The fraction of sp³-hybridized carbons (Fsp3) is 0.455. The number of anilines is 1. The zero-order chi connectivity index (χ0) is 11.5. The minimum atomic E-state index is -0.907. The lowest BCUT2D eigenvalue weighted by Gasteiger charge is -2.32. The van der Waals surface area contributed by atoms with E-state index in [0.29, 0.717) is 19.7 Å². The molecule has 1 aromatic heterocycles. The van der Waals surface area contributed by atoms with Crippen LogP contribution in [0.1, 0.15) is 5.69 Å². The highest BCUT2D eigenvalue weighted by atomic mass is 16.5. The van der Waals surface area contributed by atoms with Crippen molar-refractivity contribution < 1.29 is 14.6 Å². The predicted molar refractivity (Wildman–Crippen MR) is 58.6 cm³/mol. The maximum atomic E-state index is 10.8. The minimum absolute atomic E-state index is 0.388. The number of carboxylic acid groups (broad SMARTS) is 1. The van der Waals surface area contributed by atoms with Gasteiger partial charge in [0.1, 0.15) is 0 Å². The number of pyridine rings is 1. The van der Waals surface area contributed by atoms with Gasteiger partial charge in [-0.1, -0.05) is 0 Å². The number of hydrogen-bond acceptors (Lipinski definition) is 4. The fourth-order valence-electron chi connectivity index (χ4n) is 1.76. The molecule has 0 spiro atoms. The number of aryl methyl sites for hydroxylation is 1. The monoisotopic (exact) mass is 222 g/mol. The molecule has 1 fully saturated rings. The van der Waals surface area contributed by atoms with E-state index in [1.54, 1.807) is 6.20 Å². The van der Waals surface area contributed by atoms with Gasteiger partial charge in [0.05, 0.1) is 13.2 Å². The molecule has 1 aromatic rings. The number of carbonyl (C=O) groups is 1. The van der Waals surface area contributed by atoms with Crippen LogP contribution in [0.2, 0.25) is 0 Å². The van der Waals surface area contributed by atoms with Crippen molar-refractivity contribution in [2.75, 3.05) is 24.6 Å². The van der Waals surface area contributed by atoms with Gasteiger partial charge in [-0.05, 0) is 19.1 Å². The van der Waals surface area contributed by atoms with Gasteiger partial charge >= 0.3 is 5.97 Å². The minimum Gasteiger partial charge on any atom is -0.479 e. The van der Waals surface area contributed by atoms with Crippen LogP contribution < -0.4 is 4.90 Å². The topological polar surface area (TPSA) is 62.7 Å². The van der Waals surface area contributed by atoms with Crippen molar-refractivity contribution >= 4 is 11.7 Å². The largest absolute Gasteiger partial charge is 0.479 e. The smallest absolute Gasteiger partial charge is 0.334 e. The van der Waals surface area contributed by atoms with E-state index in [-0.39, 0.29) is 0 Å². The van der Waals surface area contributed by atoms with Gasteiger partial charge in [0.15, 0.2) is 6.10 Å². The Kier molecular flexibility index (Phi) is 3.05. The number of rotatable bonds is 2. The van der Waals surface area contributed by atoms with Crippen LogP contribution >= 0.6 is 0 Å². The quantitative estimate of drug-likeness (QED) is 0.797. The molecule has 5 heteroatoms. The zero-order valence-electron chi connectivity index (χ0n) is 9.09. The summed E-state index contributed by atoms with van der Waals surface area (Å²) in [6, 6.07) is 3.83. The summed E-state index contributed by atoms with van der Waals surface area (Å²) >= 11 is 0. The normalized spacial score (nSPS) is 20.8. The molecule has 1 atom stereocenters. The first-order valence-corrected chi connectivity index (χ1v) is 5.19. The number of nitrogens with zero attached hydrogens (tertiary/aromatic N) is 2. The highest BCUT2D eigenvalue weighted by Gasteiger charge is 2.26. The summed E-state index contributed by atoms with van der Waals surface area (Å²) in [5.41, 5.74) is 1.93. The first-order valence-electron chi connectivity index (χ1n) is 5.19. The highest BCUT2D eigenvalue weighted by Crippen LogP contribution is 2.17. The van der Waals surface area contributed by atoms with E-state index >= 15 is 0 Å². The summed E-state index contributed by atoms with van der Waals surface area (Å²) in [7, 11) is 0. The lowest BCUT2D eigenvalue weighted by atomic mass is 10.2. The average molecular weight is 222 g/mol. The van der Waals surface area contributed by atoms with E-state index < -0.39 is 12.1 Å². The molecule has 2 heterocycles. The Bertz CT molecular complexity index is 395. The van der Waals surface area contributed by atoms with Crippen molar-refractivity contribution in [1.29, 1.82) is 0 Å². The maximum absolute atomic E-state index is 10.8. The van der Waals surface area contributed by atoms with Crippen LogP contribution in [0.25, 0.3) is 0 Å². The van der Waals surface area contributed by atoms with Crippen molar-refractivity contribution in [2.24, 2.45) is 0 Å². The molecular formula is C11H14N2O3. The maximum Gasteiger partial charge on any atom is 0.334 e. The Morgan fingerprint density at radius 1 is 1.69 bits per heavy atom. The molecule has 1 saturated heterocycles. The van der Waals surface area contributed by atoms with Gasteiger partial charge in [-0.15, -0.1) is 0 Å². The highest BCUT2D eigenvalue weighted by molar-refractivity contribution is 5.73. The molecular weight excluding hydrogens is 208 g/mol. The van der Waals surface area contributed by atoms with Crippen LogP contribution in [0.3, 0.4) is 0 Å². The van der Waals surface area contributed by atoms with Crippen molar-refractivity contribution in [3.8, 4) is 0 Å². The van der Waals surface area contributed by atoms with Crippen molar-refractivity contribution in [2.45, 2.75) is 13.0 Å². The lowest BCUT2D eigenvalue weighted by molar-refractivity contribution is -0.150. The summed E-state index contributed by atoms with van der Waals surface area (Å²) in [6.45, 7) is 3.46. The number of aromatic nitrogens is 1. The number of hydrogen-bond donors (Lipinski definition) is 1. The van der Waals surface area contributed by atoms with E-state index in [0.717, 1.165) is 11.4 Å². The van der Waals surface area contributed by atoms with Gasteiger partial charge in [0.25, 0.3) is 0 Å². The number of ether oxygens (including phenoxy) is 1. The standard InChI is InChI=1S/C11H14N2O3/c1-8-6-9(2-3-12-8)13-4-5-16-10(7-13)11(14)15/h2-3,6,10H,4-5,7H2,1H3,(H,14,15). The van der Waals surface area contributed by atoms with E-state index in [1.807, 2.05) is 24.0 Å². The first kappa shape index (κ1) is 10.9. The number of carboxylic acids is 1. The van der Waals surface area contributed by atoms with Crippen LogP contribution in [0, 0.1) is 6.92 Å². The average Bonchev–Trinajstić information content (AvgIpc) is 2.29. The van der Waals surface area contributed by atoms with E-state index in [9.17, 15) is 4.79 Å². The first-order chi connectivity index (χ1) is 7.66.